The molecule has 0 aliphatic carbocycles. The first kappa shape index (κ1) is 17.4. The number of halogens is 1. The molecule has 0 N–H and O–H groups in total. The molecule has 3 rings (SSSR count). The van der Waals surface area contributed by atoms with Gasteiger partial charge in [0.05, 0.1) is 7.11 Å². The van der Waals surface area contributed by atoms with Gasteiger partial charge in [-0.2, -0.15) is 0 Å². The molecule has 0 saturated carbocycles. The number of nitrogens with zero attached hydrogens (tertiary/aromatic N) is 2. The van der Waals surface area contributed by atoms with Gasteiger partial charge in [-0.3, -0.25) is 9.69 Å². The van der Waals surface area contributed by atoms with E-state index in [1.54, 1.807) is 6.07 Å². The number of aryl methyl sites for hydroxylation is 1. The number of benzene rings is 2. The quantitative estimate of drug-likeness (QED) is 0.856. The molecular formula is C20H23FN2O2. The molecule has 4 nitrogen and oxygen atoms in total. The maximum Gasteiger partial charge on any atom is 0.253 e. The average Bonchev–Trinajstić information content (AvgIpc) is 2.62. The third-order valence-corrected chi connectivity index (χ3v) is 4.55. The summed E-state index contributed by atoms with van der Waals surface area (Å²) in [6.45, 7) is 5.60. The molecule has 0 aromatic heterocycles. The van der Waals surface area contributed by atoms with Gasteiger partial charge in [-0.05, 0) is 36.8 Å². The van der Waals surface area contributed by atoms with Crippen LogP contribution >= 0.6 is 0 Å². The molecule has 1 saturated heterocycles. The predicted octanol–water partition coefficient (Wildman–Crippen LogP) is 3.10. The van der Waals surface area contributed by atoms with Crippen molar-refractivity contribution in [2.45, 2.75) is 13.5 Å². The molecule has 1 aliphatic heterocycles. The number of piperazine rings is 1. The highest BCUT2D eigenvalue weighted by molar-refractivity contribution is 5.94. The van der Waals surface area contributed by atoms with E-state index in [9.17, 15) is 9.18 Å². The first-order chi connectivity index (χ1) is 12.1. The van der Waals surface area contributed by atoms with Crippen molar-refractivity contribution in [3.63, 3.8) is 0 Å². The Balaban J connectivity index is 1.56. The van der Waals surface area contributed by atoms with Gasteiger partial charge in [0.1, 0.15) is 0 Å². The van der Waals surface area contributed by atoms with E-state index in [4.69, 9.17) is 4.74 Å². The molecule has 132 valence electrons. The molecule has 5 heteroatoms. The van der Waals surface area contributed by atoms with Gasteiger partial charge < -0.3 is 9.64 Å². The van der Waals surface area contributed by atoms with Crippen LogP contribution in [0.4, 0.5) is 4.39 Å². The SMILES string of the molecule is COc1ccc(CN2CCN(C(=O)c3cccc(C)c3)CC2)cc1F. The third kappa shape index (κ3) is 4.17. The van der Waals surface area contributed by atoms with Gasteiger partial charge in [-0.25, -0.2) is 4.39 Å². The van der Waals surface area contributed by atoms with Crippen molar-refractivity contribution in [3.05, 3.63) is 65.0 Å². The summed E-state index contributed by atoms with van der Waals surface area (Å²) in [4.78, 5) is 16.7. The monoisotopic (exact) mass is 342 g/mol. The maximum atomic E-state index is 13.8. The van der Waals surface area contributed by atoms with Crippen LogP contribution in [0.25, 0.3) is 0 Å². The van der Waals surface area contributed by atoms with E-state index < -0.39 is 0 Å². The number of methoxy groups -OCH3 is 1. The summed E-state index contributed by atoms with van der Waals surface area (Å²) in [6.07, 6.45) is 0. The number of hydrogen-bond donors (Lipinski definition) is 0. The second-order valence-corrected chi connectivity index (χ2v) is 6.41. The molecular weight excluding hydrogens is 319 g/mol. The van der Waals surface area contributed by atoms with Crippen LogP contribution in [0.1, 0.15) is 21.5 Å². The molecule has 1 heterocycles. The van der Waals surface area contributed by atoms with Crippen molar-refractivity contribution < 1.29 is 13.9 Å². The topological polar surface area (TPSA) is 32.8 Å². The van der Waals surface area contributed by atoms with Gasteiger partial charge in [-0.15, -0.1) is 0 Å². The smallest absolute Gasteiger partial charge is 0.253 e. The lowest BCUT2D eigenvalue weighted by Gasteiger charge is -2.34. The molecule has 2 aromatic rings. The van der Waals surface area contributed by atoms with Crippen molar-refractivity contribution in [2.24, 2.45) is 0 Å². The van der Waals surface area contributed by atoms with E-state index in [0.29, 0.717) is 19.6 Å². The minimum Gasteiger partial charge on any atom is -0.494 e. The Bertz CT molecular complexity index is 755. The van der Waals surface area contributed by atoms with E-state index in [1.807, 2.05) is 42.2 Å². The minimum absolute atomic E-state index is 0.0823. The van der Waals surface area contributed by atoms with Gasteiger partial charge in [0.25, 0.3) is 5.91 Å². The summed E-state index contributed by atoms with van der Waals surface area (Å²) in [5.74, 6) is 0.00410. The molecule has 0 unspecified atom stereocenters. The summed E-state index contributed by atoms with van der Waals surface area (Å²) in [5.41, 5.74) is 2.74. The highest BCUT2D eigenvalue weighted by Gasteiger charge is 2.22. The molecule has 2 aromatic carbocycles. The fourth-order valence-corrected chi connectivity index (χ4v) is 3.14. The highest BCUT2D eigenvalue weighted by atomic mass is 19.1. The van der Waals surface area contributed by atoms with Crippen LogP contribution in [-0.4, -0.2) is 49.0 Å². The van der Waals surface area contributed by atoms with E-state index in [-0.39, 0.29) is 17.5 Å². The van der Waals surface area contributed by atoms with E-state index in [1.165, 1.54) is 13.2 Å². The molecule has 25 heavy (non-hydrogen) atoms. The first-order valence-corrected chi connectivity index (χ1v) is 8.47. The Kier molecular flexibility index (Phi) is 5.34. The third-order valence-electron chi connectivity index (χ3n) is 4.55. The molecule has 1 amide bonds. The van der Waals surface area contributed by atoms with Crippen molar-refractivity contribution in [2.75, 3.05) is 33.3 Å². The zero-order valence-electron chi connectivity index (χ0n) is 14.7. The highest BCUT2D eigenvalue weighted by Crippen LogP contribution is 2.19. The van der Waals surface area contributed by atoms with Crippen LogP contribution in [0.3, 0.4) is 0 Å². The van der Waals surface area contributed by atoms with Crippen LogP contribution in [0, 0.1) is 12.7 Å². The fourth-order valence-electron chi connectivity index (χ4n) is 3.14. The van der Waals surface area contributed by atoms with Gasteiger partial charge in [0, 0.05) is 38.3 Å². The Morgan fingerprint density at radius 2 is 1.88 bits per heavy atom. The van der Waals surface area contributed by atoms with Crippen LogP contribution in [0.5, 0.6) is 5.75 Å². The molecule has 0 bridgehead atoms. The summed E-state index contributed by atoms with van der Waals surface area (Å²) in [6, 6.07) is 12.7. The van der Waals surface area contributed by atoms with Crippen molar-refractivity contribution >= 4 is 5.91 Å². The van der Waals surface area contributed by atoms with E-state index in [2.05, 4.69) is 4.90 Å². The number of ether oxygens (including phenoxy) is 1. The first-order valence-electron chi connectivity index (χ1n) is 8.47. The lowest BCUT2D eigenvalue weighted by Crippen LogP contribution is -2.48. The lowest BCUT2D eigenvalue weighted by atomic mass is 10.1. The van der Waals surface area contributed by atoms with E-state index >= 15 is 0 Å². The van der Waals surface area contributed by atoms with Crippen molar-refractivity contribution in [1.82, 2.24) is 9.80 Å². The Morgan fingerprint density at radius 3 is 2.52 bits per heavy atom. The average molecular weight is 342 g/mol. The second-order valence-electron chi connectivity index (χ2n) is 6.41. The van der Waals surface area contributed by atoms with Gasteiger partial charge in [0.15, 0.2) is 11.6 Å². The minimum atomic E-state index is -0.340. The molecule has 1 aliphatic rings. The normalized spacial score (nSPS) is 15.2. The Hall–Kier alpha value is -2.40. The second kappa shape index (κ2) is 7.66. The lowest BCUT2D eigenvalue weighted by molar-refractivity contribution is 0.0628. The summed E-state index contributed by atoms with van der Waals surface area (Å²) in [7, 11) is 1.46. The summed E-state index contributed by atoms with van der Waals surface area (Å²) < 4.78 is 18.7. The van der Waals surface area contributed by atoms with E-state index in [0.717, 1.165) is 29.8 Å². The van der Waals surface area contributed by atoms with Crippen molar-refractivity contribution in [1.29, 1.82) is 0 Å². The zero-order chi connectivity index (χ0) is 17.8. The molecule has 0 atom stereocenters. The van der Waals surface area contributed by atoms with Crippen LogP contribution in [-0.2, 0) is 6.54 Å². The van der Waals surface area contributed by atoms with Crippen molar-refractivity contribution in [3.8, 4) is 5.75 Å². The van der Waals surface area contributed by atoms with Gasteiger partial charge >= 0.3 is 0 Å². The predicted molar refractivity (Wildman–Crippen MR) is 95.3 cm³/mol. The van der Waals surface area contributed by atoms with Gasteiger partial charge in [-0.1, -0.05) is 23.8 Å². The Morgan fingerprint density at radius 1 is 1.12 bits per heavy atom. The van der Waals surface area contributed by atoms with Crippen LogP contribution in [0.2, 0.25) is 0 Å². The number of carbonyl (C=O) groups is 1. The fraction of sp³-hybridized carbons (Fsp3) is 0.350. The maximum absolute atomic E-state index is 13.8. The standard InChI is InChI=1S/C20H23FN2O2/c1-15-4-3-5-17(12-15)20(24)23-10-8-22(9-11-23)14-16-6-7-19(25-2)18(21)13-16/h3-7,12-13H,8-11,14H2,1-2H3. The zero-order valence-corrected chi connectivity index (χ0v) is 14.7. The molecule has 0 spiro atoms. The largest absolute Gasteiger partial charge is 0.494 e. The number of rotatable bonds is 4. The number of carbonyl (C=O) groups excluding carboxylic acids is 1. The Labute approximate surface area is 147 Å². The van der Waals surface area contributed by atoms with Crippen LogP contribution < -0.4 is 4.74 Å². The summed E-state index contributed by atoms with van der Waals surface area (Å²) in [5, 5.41) is 0. The number of amides is 1. The summed E-state index contributed by atoms with van der Waals surface area (Å²) >= 11 is 0. The molecule has 1 fully saturated rings. The molecule has 0 radical (unpaired) electrons. The number of hydrogen-bond acceptors (Lipinski definition) is 3. The van der Waals surface area contributed by atoms with Crippen LogP contribution in [0.15, 0.2) is 42.5 Å². The van der Waals surface area contributed by atoms with Gasteiger partial charge in [0.2, 0.25) is 0 Å².